The predicted molar refractivity (Wildman–Crippen MR) is 78.0 cm³/mol. The molecule has 0 aromatic rings. The summed E-state index contributed by atoms with van der Waals surface area (Å²) >= 11 is 0. The molecule has 2 aliphatic rings. The first-order valence-electron chi connectivity index (χ1n) is 7.85. The van der Waals surface area contributed by atoms with Gasteiger partial charge in [0.05, 0.1) is 0 Å². The molecule has 106 valence electrons. The van der Waals surface area contributed by atoms with Crippen LogP contribution in [0.15, 0.2) is 0 Å². The molecule has 0 saturated carbocycles. The standard InChI is InChI=1S/C15H31N3/c1-5-13-11-18(14(6-2)10-16-13)15-7-8-17(4)12(3)9-15/h12-16H,5-11H2,1-4H3. The van der Waals surface area contributed by atoms with Crippen molar-refractivity contribution in [1.82, 2.24) is 15.1 Å². The van der Waals surface area contributed by atoms with Crippen LogP contribution in [0, 0.1) is 0 Å². The van der Waals surface area contributed by atoms with Crippen LogP contribution >= 0.6 is 0 Å². The monoisotopic (exact) mass is 253 g/mol. The van der Waals surface area contributed by atoms with E-state index < -0.39 is 0 Å². The van der Waals surface area contributed by atoms with Crippen LogP contribution < -0.4 is 5.32 Å². The smallest absolute Gasteiger partial charge is 0.0221 e. The Labute approximate surface area is 113 Å². The van der Waals surface area contributed by atoms with E-state index in [4.69, 9.17) is 0 Å². The lowest BCUT2D eigenvalue weighted by Gasteiger charge is -2.48. The van der Waals surface area contributed by atoms with Crippen molar-refractivity contribution in [2.24, 2.45) is 0 Å². The molecule has 4 atom stereocenters. The Kier molecular flexibility index (Phi) is 5.05. The molecule has 0 aromatic heterocycles. The third-order valence-corrected chi connectivity index (χ3v) is 5.16. The Hall–Kier alpha value is -0.120. The predicted octanol–water partition coefficient (Wildman–Crippen LogP) is 1.93. The average Bonchev–Trinajstić information content (AvgIpc) is 2.41. The number of hydrogen-bond donors (Lipinski definition) is 1. The number of piperidine rings is 1. The summed E-state index contributed by atoms with van der Waals surface area (Å²) in [4.78, 5) is 5.34. The summed E-state index contributed by atoms with van der Waals surface area (Å²) in [5.41, 5.74) is 0. The van der Waals surface area contributed by atoms with Crippen molar-refractivity contribution in [3.05, 3.63) is 0 Å². The fraction of sp³-hybridized carbons (Fsp3) is 1.00. The molecule has 0 amide bonds. The minimum Gasteiger partial charge on any atom is -0.311 e. The van der Waals surface area contributed by atoms with Gasteiger partial charge >= 0.3 is 0 Å². The van der Waals surface area contributed by atoms with Gasteiger partial charge in [-0.25, -0.2) is 0 Å². The van der Waals surface area contributed by atoms with Crippen molar-refractivity contribution in [2.75, 3.05) is 26.7 Å². The number of nitrogens with zero attached hydrogens (tertiary/aromatic N) is 2. The second-order valence-corrected chi connectivity index (χ2v) is 6.28. The van der Waals surface area contributed by atoms with Crippen LogP contribution in [0.25, 0.3) is 0 Å². The van der Waals surface area contributed by atoms with Crippen LogP contribution in [0.1, 0.15) is 46.5 Å². The van der Waals surface area contributed by atoms with Gasteiger partial charge in [-0.3, -0.25) is 4.90 Å². The number of nitrogens with one attached hydrogen (secondary N) is 1. The molecule has 3 heteroatoms. The molecular weight excluding hydrogens is 222 g/mol. The average molecular weight is 253 g/mol. The van der Waals surface area contributed by atoms with Gasteiger partial charge in [-0.2, -0.15) is 0 Å². The van der Waals surface area contributed by atoms with Gasteiger partial charge in [-0.15, -0.1) is 0 Å². The second-order valence-electron chi connectivity index (χ2n) is 6.28. The van der Waals surface area contributed by atoms with Crippen LogP contribution in [0.5, 0.6) is 0 Å². The molecule has 4 unspecified atom stereocenters. The highest BCUT2D eigenvalue weighted by molar-refractivity contribution is 4.92. The Morgan fingerprint density at radius 3 is 2.61 bits per heavy atom. The zero-order chi connectivity index (χ0) is 13.1. The third kappa shape index (κ3) is 3.06. The van der Waals surface area contributed by atoms with Gasteiger partial charge in [0.15, 0.2) is 0 Å². The van der Waals surface area contributed by atoms with Gasteiger partial charge in [0.25, 0.3) is 0 Å². The van der Waals surface area contributed by atoms with Crippen LogP contribution in [0.4, 0.5) is 0 Å². The molecule has 2 aliphatic heterocycles. The second kappa shape index (κ2) is 6.36. The maximum Gasteiger partial charge on any atom is 0.0221 e. The molecule has 0 bridgehead atoms. The summed E-state index contributed by atoms with van der Waals surface area (Å²) < 4.78 is 0. The SMILES string of the molecule is CCC1CN(C2CCN(C)C(C)C2)C(CC)CN1. The first-order chi connectivity index (χ1) is 8.65. The fourth-order valence-electron chi connectivity index (χ4n) is 3.55. The molecule has 0 aliphatic carbocycles. The summed E-state index contributed by atoms with van der Waals surface area (Å²) in [5.74, 6) is 0. The lowest BCUT2D eigenvalue weighted by molar-refractivity contribution is 0.0287. The van der Waals surface area contributed by atoms with Gasteiger partial charge in [-0.1, -0.05) is 13.8 Å². The highest BCUT2D eigenvalue weighted by Gasteiger charge is 2.34. The van der Waals surface area contributed by atoms with E-state index in [9.17, 15) is 0 Å². The van der Waals surface area contributed by atoms with Crippen LogP contribution in [0.3, 0.4) is 0 Å². The van der Waals surface area contributed by atoms with Crippen LogP contribution in [-0.2, 0) is 0 Å². The summed E-state index contributed by atoms with van der Waals surface area (Å²) in [6.07, 6.45) is 5.25. The fourth-order valence-corrected chi connectivity index (χ4v) is 3.55. The van der Waals surface area contributed by atoms with E-state index in [1.54, 1.807) is 0 Å². The van der Waals surface area contributed by atoms with Crippen molar-refractivity contribution in [1.29, 1.82) is 0 Å². The van der Waals surface area contributed by atoms with Gasteiger partial charge in [0.2, 0.25) is 0 Å². The quantitative estimate of drug-likeness (QED) is 0.829. The van der Waals surface area contributed by atoms with Crippen molar-refractivity contribution in [3.8, 4) is 0 Å². The van der Waals surface area contributed by atoms with E-state index in [1.165, 1.54) is 45.3 Å². The maximum atomic E-state index is 3.71. The number of hydrogen-bond acceptors (Lipinski definition) is 3. The summed E-state index contributed by atoms with van der Waals surface area (Å²) in [5, 5.41) is 3.71. The van der Waals surface area contributed by atoms with Crippen molar-refractivity contribution in [3.63, 3.8) is 0 Å². The van der Waals surface area contributed by atoms with E-state index in [0.717, 1.165) is 18.1 Å². The Bertz CT molecular complexity index is 256. The van der Waals surface area contributed by atoms with Crippen LogP contribution in [-0.4, -0.2) is 60.6 Å². The Morgan fingerprint density at radius 2 is 2.00 bits per heavy atom. The zero-order valence-corrected chi connectivity index (χ0v) is 12.7. The highest BCUT2D eigenvalue weighted by Crippen LogP contribution is 2.25. The minimum absolute atomic E-state index is 0.711. The molecule has 0 aromatic carbocycles. The molecule has 0 radical (unpaired) electrons. The highest BCUT2D eigenvalue weighted by atomic mass is 15.3. The lowest BCUT2D eigenvalue weighted by atomic mass is 9.93. The zero-order valence-electron chi connectivity index (χ0n) is 12.7. The molecule has 2 saturated heterocycles. The molecule has 2 rings (SSSR count). The number of likely N-dealkylation sites (tertiary alicyclic amines) is 1. The topological polar surface area (TPSA) is 18.5 Å². The van der Waals surface area contributed by atoms with Gasteiger partial charge in [0, 0.05) is 37.3 Å². The van der Waals surface area contributed by atoms with Crippen molar-refractivity contribution < 1.29 is 0 Å². The summed E-state index contributed by atoms with van der Waals surface area (Å²) in [6.45, 7) is 10.7. The molecule has 2 heterocycles. The van der Waals surface area contributed by atoms with Gasteiger partial charge in [0.1, 0.15) is 0 Å². The molecular formula is C15H31N3. The van der Waals surface area contributed by atoms with Gasteiger partial charge in [-0.05, 0) is 46.2 Å². The van der Waals surface area contributed by atoms with E-state index in [2.05, 4.69) is 42.9 Å². The molecule has 2 fully saturated rings. The molecule has 3 nitrogen and oxygen atoms in total. The molecule has 18 heavy (non-hydrogen) atoms. The number of piperazine rings is 1. The van der Waals surface area contributed by atoms with Crippen LogP contribution in [0.2, 0.25) is 0 Å². The first-order valence-corrected chi connectivity index (χ1v) is 7.85. The Balaban J connectivity index is 1.99. The lowest BCUT2D eigenvalue weighted by Crippen LogP contribution is -2.61. The minimum atomic E-state index is 0.711. The summed E-state index contributed by atoms with van der Waals surface area (Å²) in [7, 11) is 2.27. The first kappa shape index (κ1) is 14.3. The normalized spacial score (nSPS) is 40.0. The van der Waals surface area contributed by atoms with E-state index in [0.29, 0.717) is 6.04 Å². The Morgan fingerprint density at radius 1 is 1.22 bits per heavy atom. The largest absolute Gasteiger partial charge is 0.311 e. The molecule has 0 spiro atoms. The van der Waals surface area contributed by atoms with E-state index in [-0.39, 0.29) is 0 Å². The molecule has 1 N–H and O–H groups in total. The third-order valence-electron chi connectivity index (χ3n) is 5.16. The maximum absolute atomic E-state index is 3.71. The van der Waals surface area contributed by atoms with Crippen molar-refractivity contribution in [2.45, 2.75) is 70.6 Å². The van der Waals surface area contributed by atoms with E-state index >= 15 is 0 Å². The van der Waals surface area contributed by atoms with Gasteiger partial charge < -0.3 is 10.2 Å². The summed E-state index contributed by atoms with van der Waals surface area (Å²) in [6, 6.07) is 3.03. The van der Waals surface area contributed by atoms with E-state index in [1.807, 2.05) is 0 Å². The van der Waals surface area contributed by atoms with Crippen molar-refractivity contribution >= 4 is 0 Å². The number of rotatable bonds is 3.